The number of para-hydroxylation sites is 2. The van der Waals surface area contributed by atoms with Crippen molar-refractivity contribution in [3.05, 3.63) is 53.1 Å². The summed E-state index contributed by atoms with van der Waals surface area (Å²) in [7, 11) is -4.33. The zero-order valence-electron chi connectivity index (χ0n) is 22.8. The predicted molar refractivity (Wildman–Crippen MR) is 150 cm³/mol. The van der Waals surface area contributed by atoms with Gasteiger partial charge in [-0.1, -0.05) is 36.2 Å². The van der Waals surface area contributed by atoms with Crippen molar-refractivity contribution < 1.29 is 28.0 Å². The molecule has 40 heavy (non-hydrogen) atoms. The number of carboxylic acid groups (broad SMARTS) is 1. The van der Waals surface area contributed by atoms with Gasteiger partial charge in [-0.15, -0.1) is 0 Å². The van der Waals surface area contributed by atoms with Crippen molar-refractivity contribution >= 4 is 38.9 Å². The first-order chi connectivity index (χ1) is 19.0. The molecule has 1 aliphatic rings. The fraction of sp³-hybridized carbons (Fsp3) is 0.444. The number of carboxylic acids is 1. The fourth-order valence-corrected chi connectivity index (χ4v) is 6.80. The number of imidazole rings is 1. The lowest BCUT2D eigenvalue weighted by molar-refractivity contribution is -0.151. The molecule has 2 heterocycles. The molecule has 0 radical (unpaired) electrons. The second kappa shape index (κ2) is 12.3. The minimum atomic E-state index is -4.33. The van der Waals surface area contributed by atoms with E-state index < -0.39 is 33.7 Å². The van der Waals surface area contributed by atoms with Gasteiger partial charge in [0.25, 0.3) is 5.91 Å². The third kappa shape index (κ3) is 6.78. The molecule has 2 aromatic carbocycles. The van der Waals surface area contributed by atoms with E-state index in [0.717, 1.165) is 16.6 Å². The van der Waals surface area contributed by atoms with E-state index in [1.54, 1.807) is 26.0 Å². The molecule has 0 aliphatic carbocycles. The molecule has 2 atom stereocenters. The maximum absolute atomic E-state index is 13.6. The first-order valence-corrected chi connectivity index (χ1v) is 14.7. The van der Waals surface area contributed by atoms with Gasteiger partial charge in [-0.2, -0.15) is 4.72 Å². The van der Waals surface area contributed by atoms with Gasteiger partial charge in [0.2, 0.25) is 21.6 Å². The number of hydrogen-bond acceptors (Lipinski definition) is 8. The highest BCUT2D eigenvalue weighted by Gasteiger charge is 2.45. The summed E-state index contributed by atoms with van der Waals surface area (Å²) in [6.45, 7) is 6.15. The van der Waals surface area contributed by atoms with E-state index in [1.165, 1.54) is 0 Å². The zero-order valence-corrected chi connectivity index (χ0v) is 23.7. The number of nitrogens with zero attached hydrogens (tertiary/aromatic N) is 1. The summed E-state index contributed by atoms with van der Waals surface area (Å²) < 4.78 is 29.5. The van der Waals surface area contributed by atoms with Gasteiger partial charge >= 0.3 is 5.97 Å². The molecule has 3 aromatic rings. The summed E-state index contributed by atoms with van der Waals surface area (Å²) in [5, 5.41) is 16.0. The van der Waals surface area contributed by atoms with Gasteiger partial charge in [0.1, 0.15) is 0 Å². The molecule has 0 saturated carbocycles. The van der Waals surface area contributed by atoms with Crippen molar-refractivity contribution in [2.45, 2.75) is 69.5 Å². The van der Waals surface area contributed by atoms with Crippen molar-refractivity contribution in [2.24, 2.45) is 0 Å². The van der Waals surface area contributed by atoms with Crippen molar-refractivity contribution in [3.8, 4) is 0 Å². The molecule has 2 unspecified atom stereocenters. The van der Waals surface area contributed by atoms with Gasteiger partial charge in [0.05, 0.1) is 15.9 Å². The molecule has 6 N–H and O–H groups in total. The molecule has 1 aliphatic heterocycles. The summed E-state index contributed by atoms with van der Waals surface area (Å²) in [6, 6.07) is 11.1. The number of aromatic nitrogens is 2. The Kier molecular flexibility index (Phi) is 9.08. The second-order valence-corrected chi connectivity index (χ2v) is 11.8. The third-order valence-corrected chi connectivity index (χ3v) is 8.62. The fourth-order valence-electron chi connectivity index (χ4n) is 5.03. The van der Waals surface area contributed by atoms with E-state index in [9.17, 15) is 23.1 Å². The quantitative estimate of drug-likeness (QED) is 0.133. The minimum Gasteiger partial charge on any atom is -0.478 e. The first kappa shape index (κ1) is 29.5. The summed E-state index contributed by atoms with van der Waals surface area (Å²) in [5.41, 5.74) is 3.93. The molecule has 13 heteroatoms. The monoisotopic (exact) mass is 572 g/mol. The van der Waals surface area contributed by atoms with Crippen LogP contribution >= 0.6 is 0 Å². The SMILES string of the molecule is Cc1cc(C)c(S(=O)(=O)NC(CCCCCNc2nc3ccccc3[nH]2)(NC(=O)C2CCNO2)C(=O)O)c(C)c1. The van der Waals surface area contributed by atoms with Crippen LogP contribution in [0.25, 0.3) is 11.0 Å². The van der Waals surface area contributed by atoms with Crippen LogP contribution in [0.5, 0.6) is 0 Å². The highest BCUT2D eigenvalue weighted by atomic mass is 32.2. The van der Waals surface area contributed by atoms with Crippen LogP contribution in [-0.4, -0.2) is 60.2 Å². The van der Waals surface area contributed by atoms with Crippen LogP contribution in [0.2, 0.25) is 0 Å². The molecule has 0 spiro atoms. The lowest BCUT2D eigenvalue weighted by Gasteiger charge is -2.32. The Balaban J connectivity index is 1.47. The standard InChI is InChI=1S/C27H36N6O6S/c1-17-15-18(2)23(19(3)16-17)40(37,38)33-27(25(35)36,32-24(34)22-11-14-29-39-22)12-7-4-8-13-28-26-30-20-9-5-6-10-21(20)31-26/h5-6,9-10,15-16,22,29,33H,4,7-8,11-14H2,1-3H3,(H,32,34)(H,35,36)(H2,28,30,31). The molecule has 12 nitrogen and oxygen atoms in total. The predicted octanol–water partition coefficient (Wildman–Crippen LogP) is 2.63. The molecule has 1 aromatic heterocycles. The zero-order chi connectivity index (χ0) is 28.9. The highest BCUT2D eigenvalue weighted by Crippen LogP contribution is 2.25. The van der Waals surface area contributed by atoms with E-state index in [-0.39, 0.29) is 11.3 Å². The minimum absolute atomic E-state index is 0.00760. The number of unbranched alkanes of at least 4 members (excludes halogenated alkanes) is 2. The van der Waals surface area contributed by atoms with E-state index in [1.807, 2.05) is 31.2 Å². The number of hydroxylamine groups is 1. The van der Waals surface area contributed by atoms with E-state index in [2.05, 4.69) is 30.8 Å². The van der Waals surface area contributed by atoms with Crippen LogP contribution in [0, 0.1) is 20.8 Å². The largest absolute Gasteiger partial charge is 0.478 e. The number of hydrogen-bond donors (Lipinski definition) is 6. The molecular weight excluding hydrogens is 536 g/mol. The summed E-state index contributed by atoms with van der Waals surface area (Å²) in [5.74, 6) is -1.58. The normalized spacial score (nSPS) is 17.0. The van der Waals surface area contributed by atoms with Crippen molar-refractivity contribution in [1.29, 1.82) is 0 Å². The molecule has 0 bridgehead atoms. The Labute approximate surface area is 233 Å². The Morgan fingerprint density at radius 2 is 1.85 bits per heavy atom. The van der Waals surface area contributed by atoms with E-state index in [4.69, 9.17) is 4.84 Å². The number of nitrogens with one attached hydrogen (secondary N) is 5. The number of rotatable bonds is 13. The Hall–Kier alpha value is -3.52. The van der Waals surface area contributed by atoms with Gasteiger partial charge in [0, 0.05) is 13.1 Å². The van der Waals surface area contributed by atoms with Crippen LogP contribution in [0.4, 0.5) is 5.95 Å². The van der Waals surface area contributed by atoms with Crippen LogP contribution in [0.1, 0.15) is 48.8 Å². The van der Waals surface area contributed by atoms with E-state index in [0.29, 0.717) is 55.8 Å². The Morgan fingerprint density at radius 1 is 1.12 bits per heavy atom. The number of aryl methyl sites for hydroxylation is 3. The third-order valence-electron chi connectivity index (χ3n) is 6.82. The smallest absolute Gasteiger partial charge is 0.345 e. The van der Waals surface area contributed by atoms with Crippen LogP contribution in [-0.2, 0) is 24.4 Å². The van der Waals surface area contributed by atoms with Gasteiger partial charge in [-0.3, -0.25) is 9.63 Å². The summed E-state index contributed by atoms with van der Waals surface area (Å²) in [6.07, 6.45) is 0.800. The van der Waals surface area contributed by atoms with Gasteiger partial charge in [-0.25, -0.2) is 23.7 Å². The number of amides is 1. The Bertz CT molecular complexity index is 1430. The number of aliphatic carboxylic acids is 1. The average molecular weight is 573 g/mol. The van der Waals surface area contributed by atoms with Gasteiger partial charge < -0.3 is 20.7 Å². The maximum atomic E-state index is 13.6. The van der Waals surface area contributed by atoms with Crippen molar-refractivity contribution in [2.75, 3.05) is 18.4 Å². The first-order valence-electron chi connectivity index (χ1n) is 13.3. The lowest BCUT2D eigenvalue weighted by Crippen LogP contribution is -2.66. The van der Waals surface area contributed by atoms with E-state index >= 15 is 0 Å². The number of H-pyrrole nitrogens is 1. The molecule has 1 amide bonds. The molecule has 1 fully saturated rings. The molecule has 216 valence electrons. The molecule has 1 saturated heterocycles. The average Bonchev–Trinajstić information content (AvgIpc) is 3.55. The number of fused-ring (bicyclic) bond motifs is 1. The molecule has 4 rings (SSSR count). The highest BCUT2D eigenvalue weighted by molar-refractivity contribution is 7.89. The second-order valence-electron chi connectivity index (χ2n) is 10.2. The summed E-state index contributed by atoms with van der Waals surface area (Å²) >= 11 is 0. The van der Waals surface area contributed by atoms with Crippen LogP contribution in [0.15, 0.2) is 41.3 Å². The maximum Gasteiger partial charge on any atom is 0.345 e. The van der Waals surface area contributed by atoms with Crippen molar-refractivity contribution in [3.63, 3.8) is 0 Å². The van der Waals surface area contributed by atoms with Gasteiger partial charge in [-0.05, 0) is 69.7 Å². The number of aromatic amines is 1. The number of benzene rings is 2. The summed E-state index contributed by atoms with van der Waals surface area (Å²) in [4.78, 5) is 38.4. The molecular formula is C27H36N6O6S. The van der Waals surface area contributed by atoms with Gasteiger partial charge in [0.15, 0.2) is 6.10 Å². The number of anilines is 1. The number of carbonyl (C=O) groups excluding carboxylic acids is 1. The topological polar surface area (TPSA) is 175 Å². The van der Waals surface area contributed by atoms with Crippen LogP contribution < -0.4 is 20.8 Å². The Morgan fingerprint density at radius 3 is 2.50 bits per heavy atom. The number of carbonyl (C=O) groups is 2. The van der Waals surface area contributed by atoms with Crippen molar-refractivity contribution in [1.82, 2.24) is 25.5 Å². The lowest BCUT2D eigenvalue weighted by atomic mass is 10.0. The number of sulfonamides is 1. The van der Waals surface area contributed by atoms with Crippen LogP contribution in [0.3, 0.4) is 0 Å².